The van der Waals surface area contributed by atoms with Gasteiger partial charge in [0.2, 0.25) is 22.7 Å². The Morgan fingerprint density at radius 1 is 1.00 bits per heavy atom. The maximum atomic E-state index is 13.1. The minimum Gasteiger partial charge on any atom is -0.468 e. The van der Waals surface area contributed by atoms with Gasteiger partial charge in [0.15, 0.2) is 11.5 Å². The number of carbonyl (C=O) groups excluding carboxylic acids is 1. The Bertz CT molecular complexity index is 1100. The summed E-state index contributed by atoms with van der Waals surface area (Å²) in [6, 6.07) is 16.2. The Balaban J connectivity index is 1.54. The van der Waals surface area contributed by atoms with Crippen LogP contribution in [0, 0.1) is 0 Å². The summed E-state index contributed by atoms with van der Waals surface area (Å²) < 4.78 is 43.0. The van der Waals surface area contributed by atoms with Crippen molar-refractivity contribution in [2.75, 3.05) is 18.7 Å². The second-order valence-corrected chi connectivity index (χ2v) is 8.22. The second-order valence-electron chi connectivity index (χ2n) is 6.28. The van der Waals surface area contributed by atoms with Gasteiger partial charge in [-0.05, 0) is 36.4 Å². The van der Waals surface area contributed by atoms with E-state index >= 15 is 0 Å². The third kappa shape index (κ3) is 4.25. The molecule has 1 aliphatic rings. The number of fused-ring (bicyclic) bond motifs is 1. The second kappa shape index (κ2) is 7.98. The summed E-state index contributed by atoms with van der Waals surface area (Å²) >= 11 is 0. The molecule has 3 aromatic rings. The van der Waals surface area contributed by atoms with Crippen molar-refractivity contribution in [1.29, 1.82) is 0 Å². The number of carbonyl (C=O) groups is 1. The van der Waals surface area contributed by atoms with Crippen LogP contribution in [-0.2, 0) is 21.4 Å². The van der Waals surface area contributed by atoms with E-state index in [9.17, 15) is 13.2 Å². The lowest BCUT2D eigenvalue weighted by molar-refractivity contribution is -0.116. The number of hydrogen-bond acceptors (Lipinski definition) is 6. The lowest BCUT2D eigenvalue weighted by Crippen LogP contribution is -2.37. The van der Waals surface area contributed by atoms with Crippen molar-refractivity contribution in [3.05, 3.63) is 72.7 Å². The molecule has 0 atom stereocenters. The molecule has 0 unspecified atom stereocenters. The van der Waals surface area contributed by atoms with E-state index in [-0.39, 0.29) is 24.8 Å². The highest BCUT2D eigenvalue weighted by Crippen LogP contribution is 2.34. The number of benzene rings is 2. The van der Waals surface area contributed by atoms with E-state index in [2.05, 4.69) is 5.32 Å². The zero-order valence-corrected chi connectivity index (χ0v) is 16.1. The predicted molar refractivity (Wildman–Crippen MR) is 104 cm³/mol. The molecule has 2 heterocycles. The van der Waals surface area contributed by atoms with Crippen molar-refractivity contribution in [3.8, 4) is 11.5 Å². The molecule has 2 aromatic carbocycles. The van der Waals surface area contributed by atoms with Gasteiger partial charge in [-0.1, -0.05) is 18.2 Å². The lowest BCUT2D eigenvalue weighted by Gasteiger charge is -2.21. The average molecular weight is 414 g/mol. The Kier molecular flexibility index (Phi) is 5.24. The topological polar surface area (TPSA) is 98.1 Å². The predicted octanol–water partition coefficient (Wildman–Crippen LogP) is 2.84. The molecule has 29 heavy (non-hydrogen) atoms. The molecule has 8 nitrogen and oxygen atoms in total. The molecule has 9 heteroatoms. The van der Waals surface area contributed by atoms with E-state index in [1.165, 1.54) is 18.4 Å². The molecular weight excluding hydrogens is 396 g/mol. The number of ether oxygens (including phenoxy) is 2. The standard InChI is InChI=1S/C20H18N2O6S/c23-20(21-15-8-9-18-19(11-15)28-14-27-18)13-22(12-16-5-4-10-26-16)29(24,25)17-6-2-1-3-7-17/h1-11H,12-14H2,(H,21,23). The van der Waals surface area contributed by atoms with Gasteiger partial charge < -0.3 is 19.2 Å². The normalized spacial score (nSPS) is 12.9. The molecule has 1 aliphatic heterocycles. The van der Waals surface area contributed by atoms with E-state index < -0.39 is 15.9 Å². The van der Waals surface area contributed by atoms with E-state index in [0.29, 0.717) is 22.9 Å². The van der Waals surface area contributed by atoms with Crippen molar-refractivity contribution < 1.29 is 27.1 Å². The maximum absolute atomic E-state index is 13.1. The largest absolute Gasteiger partial charge is 0.468 e. The monoisotopic (exact) mass is 414 g/mol. The number of hydrogen-bond donors (Lipinski definition) is 1. The van der Waals surface area contributed by atoms with E-state index in [1.807, 2.05) is 0 Å². The van der Waals surface area contributed by atoms with Gasteiger partial charge in [-0.25, -0.2) is 8.42 Å². The molecule has 1 aromatic heterocycles. The van der Waals surface area contributed by atoms with E-state index in [1.54, 1.807) is 48.5 Å². The van der Waals surface area contributed by atoms with Crippen LogP contribution in [0.4, 0.5) is 5.69 Å². The fourth-order valence-electron chi connectivity index (χ4n) is 2.88. The molecule has 150 valence electrons. The molecule has 0 saturated heterocycles. The maximum Gasteiger partial charge on any atom is 0.243 e. The molecule has 0 fully saturated rings. The number of nitrogens with zero attached hydrogens (tertiary/aromatic N) is 1. The summed E-state index contributed by atoms with van der Waals surface area (Å²) in [5.41, 5.74) is 0.481. The summed E-state index contributed by atoms with van der Waals surface area (Å²) in [7, 11) is -3.91. The number of furan rings is 1. The third-order valence-electron chi connectivity index (χ3n) is 4.27. The molecule has 1 N–H and O–H groups in total. The lowest BCUT2D eigenvalue weighted by atomic mass is 10.3. The Morgan fingerprint density at radius 3 is 2.55 bits per heavy atom. The average Bonchev–Trinajstić information content (AvgIpc) is 3.39. The molecular formula is C20H18N2O6S. The van der Waals surface area contributed by atoms with Crippen molar-refractivity contribution >= 4 is 21.6 Å². The highest BCUT2D eigenvalue weighted by Gasteiger charge is 2.28. The van der Waals surface area contributed by atoms with Crippen molar-refractivity contribution in [2.24, 2.45) is 0 Å². The van der Waals surface area contributed by atoms with Crippen molar-refractivity contribution in [3.63, 3.8) is 0 Å². The van der Waals surface area contributed by atoms with Crippen molar-refractivity contribution in [1.82, 2.24) is 4.31 Å². The Morgan fingerprint density at radius 2 is 1.79 bits per heavy atom. The van der Waals surface area contributed by atoms with Gasteiger partial charge in [-0.15, -0.1) is 0 Å². The zero-order valence-electron chi connectivity index (χ0n) is 15.3. The fourth-order valence-corrected chi connectivity index (χ4v) is 4.26. The van der Waals surface area contributed by atoms with Gasteiger partial charge in [-0.2, -0.15) is 4.31 Å². The van der Waals surface area contributed by atoms with Gasteiger partial charge in [0, 0.05) is 11.8 Å². The molecule has 0 spiro atoms. The fraction of sp³-hybridized carbons (Fsp3) is 0.150. The summed E-state index contributed by atoms with van der Waals surface area (Å²) in [6.07, 6.45) is 1.45. The third-order valence-corrected chi connectivity index (χ3v) is 6.08. The minimum absolute atomic E-state index is 0.0706. The smallest absolute Gasteiger partial charge is 0.243 e. The van der Waals surface area contributed by atoms with Gasteiger partial charge >= 0.3 is 0 Å². The number of sulfonamides is 1. The highest BCUT2D eigenvalue weighted by molar-refractivity contribution is 7.89. The van der Waals surface area contributed by atoms with E-state index in [4.69, 9.17) is 13.9 Å². The first-order valence-corrected chi connectivity index (χ1v) is 10.2. The van der Waals surface area contributed by atoms with Crippen molar-refractivity contribution in [2.45, 2.75) is 11.4 Å². The number of amides is 1. The quantitative estimate of drug-likeness (QED) is 0.638. The van der Waals surface area contributed by atoms with Crippen LogP contribution in [0.2, 0.25) is 0 Å². The summed E-state index contributed by atoms with van der Waals surface area (Å²) in [5.74, 6) is 1.05. The number of rotatable bonds is 7. The molecule has 0 aliphatic carbocycles. The first-order valence-electron chi connectivity index (χ1n) is 8.79. The summed E-state index contributed by atoms with van der Waals surface area (Å²) in [6.45, 7) is -0.329. The first-order chi connectivity index (χ1) is 14.0. The number of anilines is 1. The molecule has 0 bridgehead atoms. The molecule has 0 radical (unpaired) electrons. The van der Waals surface area contributed by atoms with Gasteiger partial charge in [-0.3, -0.25) is 4.79 Å². The minimum atomic E-state index is -3.91. The highest BCUT2D eigenvalue weighted by atomic mass is 32.2. The number of nitrogens with one attached hydrogen (secondary N) is 1. The summed E-state index contributed by atoms with van der Waals surface area (Å²) in [4.78, 5) is 12.7. The van der Waals surface area contributed by atoms with Crippen LogP contribution in [-0.4, -0.2) is 32.0 Å². The SMILES string of the molecule is O=C(CN(Cc1ccco1)S(=O)(=O)c1ccccc1)Nc1ccc2c(c1)OCO2. The first kappa shape index (κ1) is 19.0. The van der Waals surface area contributed by atoms with Crippen LogP contribution in [0.3, 0.4) is 0 Å². The van der Waals surface area contributed by atoms with Gasteiger partial charge in [0.05, 0.1) is 24.2 Å². The van der Waals surface area contributed by atoms with Gasteiger partial charge in [0.1, 0.15) is 5.76 Å². The Hall–Kier alpha value is -3.30. The molecule has 1 amide bonds. The molecule has 4 rings (SSSR count). The van der Waals surface area contributed by atoms with Crippen LogP contribution in [0.25, 0.3) is 0 Å². The van der Waals surface area contributed by atoms with Crippen LogP contribution < -0.4 is 14.8 Å². The summed E-state index contributed by atoms with van der Waals surface area (Å²) in [5, 5.41) is 2.69. The van der Waals surface area contributed by atoms with E-state index in [0.717, 1.165) is 4.31 Å². The van der Waals surface area contributed by atoms with Crippen LogP contribution in [0.15, 0.2) is 76.2 Å². The van der Waals surface area contributed by atoms with Crippen LogP contribution in [0.5, 0.6) is 11.5 Å². The molecule has 0 saturated carbocycles. The van der Waals surface area contributed by atoms with Crippen LogP contribution >= 0.6 is 0 Å². The zero-order chi connectivity index (χ0) is 20.3. The Labute approximate surface area is 167 Å². The van der Waals surface area contributed by atoms with Gasteiger partial charge in [0.25, 0.3) is 0 Å². The van der Waals surface area contributed by atoms with Crippen LogP contribution in [0.1, 0.15) is 5.76 Å².